The number of methoxy groups -OCH3 is 1. The molecule has 1 saturated heterocycles. The minimum atomic E-state index is -0.501. The number of piperazine rings is 1. The summed E-state index contributed by atoms with van der Waals surface area (Å²) in [4.78, 5) is 4.77. The first kappa shape index (κ1) is 19.5. The highest BCUT2D eigenvalue weighted by molar-refractivity contribution is 5.59. The van der Waals surface area contributed by atoms with Crippen molar-refractivity contribution in [1.29, 1.82) is 0 Å². The molecule has 0 aliphatic carbocycles. The van der Waals surface area contributed by atoms with Gasteiger partial charge in [0, 0.05) is 38.4 Å². The van der Waals surface area contributed by atoms with Crippen molar-refractivity contribution >= 4 is 5.69 Å². The summed E-state index contributed by atoms with van der Waals surface area (Å²) < 4.78 is 10.8. The van der Waals surface area contributed by atoms with Crippen molar-refractivity contribution < 1.29 is 14.6 Å². The smallest absolute Gasteiger partial charge is 0.119 e. The van der Waals surface area contributed by atoms with Crippen LogP contribution in [0.3, 0.4) is 0 Å². The average molecular weight is 370 g/mol. The van der Waals surface area contributed by atoms with Crippen molar-refractivity contribution in [2.75, 3.05) is 51.3 Å². The van der Waals surface area contributed by atoms with Crippen molar-refractivity contribution in [1.82, 2.24) is 4.90 Å². The number of aliphatic hydroxyl groups is 1. The summed E-state index contributed by atoms with van der Waals surface area (Å²) in [5.74, 6) is 1.54. The van der Waals surface area contributed by atoms with E-state index in [1.165, 1.54) is 16.8 Å². The van der Waals surface area contributed by atoms with Crippen molar-refractivity contribution in [3.8, 4) is 11.5 Å². The number of hydrogen-bond donors (Lipinski definition) is 1. The van der Waals surface area contributed by atoms with Crippen LogP contribution in [-0.2, 0) is 0 Å². The van der Waals surface area contributed by atoms with Gasteiger partial charge in [0.1, 0.15) is 24.2 Å². The molecule has 0 radical (unpaired) electrons. The van der Waals surface area contributed by atoms with Gasteiger partial charge in [0.15, 0.2) is 0 Å². The standard InChI is InChI=1S/C22H30N2O3/c1-17-5-4-6-18(2)22(17)24-13-11-23(12-14-24)15-19(25)16-27-21-9-7-20(26-3)8-10-21/h4-10,19,25H,11-16H2,1-3H3/t19-/m1/s1. The van der Waals surface area contributed by atoms with Crippen LogP contribution in [0, 0.1) is 13.8 Å². The summed E-state index contributed by atoms with van der Waals surface area (Å²) in [6.45, 7) is 9.15. The second kappa shape index (κ2) is 9.11. The lowest BCUT2D eigenvalue weighted by atomic mass is 10.1. The summed E-state index contributed by atoms with van der Waals surface area (Å²) >= 11 is 0. The van der Waals surface area contributed by atoms with E-state index in [9.17, 15) is 5.11 Å². The molecule has 1 aliphatic heterocycles. The van der Waals surface area contributed by atoms with Gasteiger partial charge in [0.05, 0.1) is 7.11 Å². The van der Waals surface area contributed by atoms with Gasteiger partial charge in [-0.25, -0.2) is 0 Å². The highest BCUT2D eigenvalue weighted by Crippen LogP contribution is 2.25. The van der Waals surface area contributed by atoms with Crippen molar-refractivity contribution in [2.45, 2.75) is 20.0 Å². The molecular weight excluding hydrogens is 340 g/mol. The summed E-state index contributed by atoms with van der Waals surface area (Å²) in [5.41, 5.74) is 4.02. The molecule has 0 bridgehead atoms. The predicted octanol–water partition coefficient (Wildman–Crippen LogP) is 2.87. The van der Waals surface area contributed by atoms with E-state index in [-0.39, 0.29) is 0 Å². The number of nitrogens with zero attached hydrogens (tertiary/aromatic N) is 2. The Hall–Kier alpha value is -2.24. The molecule has 146 valence electrons. The SMILES string of the molecule is COc1ccc(OC[C@H](O)CN2CCN(c3c(C)cccc3C)CC2)cc1. The third-order valence-corrected chi connectivity index (χ3v) is 5.10. The van der Waals surface area contributed by atoms with Crippen LogP contribution in [-0.4, -0.2) is 62.6 Å². The van der Waals surface area contributed by atoms with E-state index in [0.717, 1.165) is 37.7 Å². The van der Waals surface area contributed by atoms with Gasteiger partial charge in [0.25, 0.3) is 0 Å². The van der Waals surface area contributed by atoms with Crippen molar-refractivity contribution in [3.63, 3.8) is 0 Å². The molecule has 5 nitrogen and oxygen atoms in total. The lowest BCUT2D eigenvalue weighted by Gasteiger charge is -2.38. The number of rotatable bonds is 7. The van der Waals surface area contributed by atoms with Crippen molar-refractivity contribution in [2.24, 2.45) is 0 Å². The van der Waals surface area contributed by atoms with E-state index in [1.807, 2.05) is 24.3 Å². The van der Waals surface area contributed by atoms with Crippen LogP contribution in [0.2, 0.25) is 0 Å². The molecule has 0 unspecified atom stereocenters. The van der Waals surface area contributed by atoms with Gasteiger partial charge in [-0.15, -0.1) is 0 Å². The van der Waals surface area contributed by atoms with E-state index < -0.39 is 6.10 Å². The zero-order valence-electron chi connectivity index (χ0n) is 16.5. The van der Waals surface area contributed by atoms with Crippen LogP contribution < -0.4 is 14.4 Å². The van der Waals surface area contributed by atoms with Crippen LogP contribution in [0.5, 0.6) is 11.5 Å². The monoisotopic (exact) mass is 370 g/mol. The normalized spacial score (nSPS) is 16.2. The maximum atomic E-state index is 10.3. The molecule has 2 aromatic carbocycles. The van der Waals surface area contributed by atoms with E-state index in [1.54, 1.807) is 7.11 Å². The van der Waals surface area contributed by atoms with Crippen LogP contribution in [0.4, 0.5) is 5.69 Å². The summed E-state index contributed by atoms with van der Waals surface area (Å²) in [6.07, 6.45) is -0.501. The number of para-hydroxylation sites is 1. The Morgan fingerprint density at radius 1 is 0.926 bits per heavy atom. The minimum Gasteiger partial charge on any atom is -0.497 e. The maximum absolute atomic E-state index is 10.3. The van der Waals surface area contributed by atoms with Gasteiger partial charge in [0.2, 0.25) is 0 Å². The van der Waals surface area contributed by atoms with Crippen LogP contribution in [0.15, 0.2) is 42.5 Å². The molecule has 27 heavy (non-hydrogen) atoms. The Morgan fingerprint density at radius 3 is 2.11 bits per heavy atom. The number of hydrogen-bond acceptors (Lipinski definition) is 5. The first-order valence-electron chi connectivity index (χ1n) is 9.55. The van der Waals surface area contributed by atoms with Crippen LogP contribution in [0.25, 0.3) is 0 Å². The number of β-amino-alcohol motifs (C(OH)–C–C–N with tert-alkyl or cyclic N) is 1. The number of aryl methyl sites for hydroxylation is 2. The zero-order chi connectivity index (χ0) is 19.2. The summed E-state index contributed by atoms with van der Waals surface area (Å²) in [7, 11) is 1.64. The molecule has 3 rings (SSSR count). The number of ether oxygens (including phenoxy) is 2. The van der Waals surface area contributed by atoms with Crippen LogP contribution >= 0.6 is 0 Å². The Labute approximate surface area is 162 Å². The van der Waals surface area contributed by atoms with E-state index >= 15 is 0 Å². The quantitative estimate of drug-likeness (QED) is 0.812. The highest BCUT2D eigenvalue weighted by atomic mass is 16.5. The topological polar surface area (TPSA) is 45.2 Å². The van der Waals surface area contributed by atoms with Gasteiger partial charge in [-0.2, -0.15) is 0 Å². The highest BCUT2D eigenvalue weighted by Gasteiger charge is 2.21. The molecule has 1 atom stereocenters. The molecule has 1 aliphatic rings. The number of aliphatic hydroxyl groups excluding tert-OH is 1. The number of benzene rings is 2. The summed E-state index contributed by atoms with van der Waals surface area (Å²) in [5, 5.41) is 10.3. The zero-order valence-corrected chi connectivity index (χ0v) is 16.5. The van der Waals surface area contributed by atoms with Gasteiger partial charge in [-0.05, 0) is 49.2 Å². The molecule has 1 N–H and O–H groups in total. The maximum Gasteiger partial charge on any atom is 0.119 e. The van der Waals surface area contributed by atoms with Gasteiger partial charge < -0.3 is 19.5 Å². The van der Waals surface area contributed by atoms with Crippen molar-refractivity contribution in [3.05, 3.63) is 53.6 Å². The lowest BCUT2D eigenvalue weighted by molar-refractivity contribution is 0.0663. The molecule has 1 heterocycles. The second-order valence-electron chi connectivity index (χ2n) is 7.17. The molecule has 5 heteroatoms. The summed E-state index contributed by atoms with van der Waals surface area (Å²) in [6, 6.07) is 13.9. The fourth-order valence-electron chi connectivity index (χ4n) is 3.67. The van der Waals surface area contributed by atoms with E-state index in [2.05, 4.69) is 41.8 Å². The Balaban J connectivity index is 1.44. The van der Waals surface area contributed by atoms with E-state index in [4.69, 9.17) is 9.47 Å². The fourth-order valence-corrected chi connectivity index (χ4v) is 3.67. The Bertz CT molecular complexity index is 705. The third-order valence-electron chi connectivity index (χ3n) is 5.10. The largest absolute Gasteiger partial charge is 0.497 e. The minimum absolute atomic E-state index is 0.295. The average Bonchev–Trinajstić information content (AvgIpc) is 2.68. The van der Waals surface area contributed by atoms with E-state index in [0.29, 0.717) is 13.2 Å². The molecule has 0 amide bonds. The third kappa shape index (κ3) is 5.15. The Kier molecular flexibility index (Phi) is 6.58. The first-order chi connectivity index (χ1) is 13.1. The van der Waals surface area contributed by atoms with Gasteiger partial charge in [-0.3, -0.25) is 4.90 Å². The molecule has 0 spiro atoms. The Morgan fingerprint density at radius 2 is 1.52 bits per heavy atom. The molecular formula is C22H30N2O3. The number of anilines is 1. The molecule has 0 aromatic heterocycles. The van der Waals surface area contributed by atoms with Gasteiger partial charge in [-0.1, -0.05) is 18.2 Å². The molecule has 2 aromatic rings. The molecule has 1 fully saturated rings. The lowest BCUT2D eigenvalue weighted by Crippen LogP contribution is -2.49. The van der Waals surface area contributed by atoms with Crippen LogP contribution in [0.1, 0.15) is 11.1 Å². The van der Waals surface area contributed by atoms with Gasteiger partial charge >= 0.3 is 0 Å². The predicted molar refractivity (Wildman–Crippen MR) is 109 cm³/mol. The molecule has 0 saturated carbocycles. The fraction of sp³-hybridized carbons (Fsp3) is 0.455. The second-order valence-corrected chi connectivity index (χ2v) is 7.17. The first-order valence-corrected chi connectivity index (χ1v) is 9.55.